The van der Waals surface area contributed by atoms with Crippen molar-refractivity contribution in [3.8, 4) is 0 Å². The topological polar surface area (TPSA) is 91.4 Å². The van der Waals surface area contributed by atoms with E-state index < -0.39 is 0 Å². The van der Waals surface area contributed by atoms with E-state index in [0.717, 1.165) is 18.7 Å². The van der Waals surface area contributed by atoms with Gasteiger partial charge in [0.25, 0.3) is 5.91 Å². The molecule has 3 rings (SSSR count). The monoisotopic (exact) mass is 339 g/mol. The van der Waals surface area contributed by atoms with E-state index in [0.29, 0.717) is 43.7 Å². The molecule has 1 atom stereocenters. The summed E-state index contributed by atoms with van der Waals surface area (Å²) in [5, 5.41) is 7.34. The number of hydrogen-bond donors (Lipinski definition) is 1. The number of nitrogens with one attached hydrogen (secondary N) is 1. The third kappa shape index (κ3) is 4.03. The summed E-state index contributed by atoms with van der Waals surface area (Å²) in [6.45, 7) is 4.80. The number of aromatic amines is 1. The minimum absolute atomic E-state index is 0.0571. The summed E-state index contributed by atoms with van der Waals surface area (Å²) in [6, 6.07) is 0. The van der Waals surface area contributed by atoms with Gasteiger partial charge in [0.2, 0.25) is 11.1 Å². The van der Waals surface area contributed by atoms with Gasteiger partial charge in [0.05, 0.1) is 5.75 Å². The molecule has 9 heteroatoms. The van der Waals surface area contributed by atoms with Gasteiger partial charge in [0, 0.05) is 32.8 Å². The van der Waals surface area contributed by atoms with E-state index in [9.17, 15) is 9.59 Å². The molecule has 2 fully saturated rings. The van der Waals surface area contributed by atoms with Crippen LogP contribution in [-0.4, -0.2) is 81.4 Å². The maximum Gasteiger partial charge on any atom is 0.251 e. The second kappa shape index (κ2) is 7.31. The van der Waals surface area contributed by atoms with E-state index in [-0.39, 0.29) is 17.9 Å². The summed E-state index contributed by atoms with van der Waals surface area (Å²) in [6.07, 6.45) is 1.49. The highest BCUT2D eigenvalue weighted by molar-refractivity contribution is 7.99. The van der Waals surface area contributed by atoms with Crippen LogP contribution in [0.2, 0.25) is 0 Å². The fourth-order valence-electron chi connectivity index (χ4n) is 2.76. The molecule has 2 saturated heterocycles. The summed E-state index contributed by atoms with van der Waals surface area (Å²) in [7, 11) is 0. The highest BCUT2D eigenvalue weighted by Gasteiger charge is 2.31. The Morgan fingerprint density at radius 2 is 2.04 bits per heavy atom. The molecule has 0 spiro atoms. The van der Waals surface area contributed by atoms with Gasteiger partial charge in [-0.1, -0.05) is 11.8 Å². The van der Waals surface area contributed by atoms with Crippen molar-refractivity contribution in [2.75, 3.05) is 38.5 Å². The van der Waals surface area contributed by atoms with Crippen LogP contribution in [0.15, 0.2) is 5.16 Å². The zero-order valence-corrected chi connectivity index (χ0v) is 14.0. The molecule has 0 bridgehead atoms. The average molecular weight is 339 g/mol. The SMILES string of the molecule is Cc1nc(SCC(=O)N2CCN(C(=O)[C@H]3CCCO3)CC2)n[nH]1. The van der Waals surface area contributed by atoms with Gasteiger partial charge in [-0.3, -0.25) is 14.7 Å². The molecule has 3 heterocycles. The molecular weight excluding hydrogens is 318 g/mol. The number of nitrogens with zero attached hydrogens (tertiary/aromatic N) is 4. The number of aryl methyl sites for hydroxylation is 1. The first kappa shape index (κ1) is 16.3. The van der Waals surface area contributed by atoms with Crippen molar-refractivity contribution in [1.82, 2.24) is 25.0 Å². The number of hydrogen-bond acceptors (Lipinski definition) is 6. The molecular formula is C14H21N5O3S. The molecule has 1 aromatic heterocycles. The van der Waals surface area contributed by atoms with Crippen LogP contribution in [0.3, 0.4) is 0 Å². The van der Waals surface area contributed by atoms with Gasteiger partial charge in [0.15, 0.2) is 0 Å². The summed E-state index contributed by atoms with van der Waals surface area (Å²) in [5.74, 6) is 1.18. The predicted molar refractivity (Wildman–Crippen MR) is 84.0 cm³/mol. The molecule has 0 radical (unpaired) electrons. The molecule has 0 unspecified atom stereocenters. The van der Waals surface area contributed by atoms with Gasteiger partial charge in [-0.25, -0.2) is 4.98 Å². The standard InChI is InChI=1S/C14H21N5O3S/c1-10-15-14(17-16-10)23-9-12(20)18-4-6-19(7-5-18)13(21)11-3-2-8-22-11/h11H,2-9H2,1H3,(H,15,16,17)/t11-/m1/s1. The number of thioether (sulfide) groups is 1. The molecule has 1 N–H and O–H groups in total. The second-order valence-electron chi connectivity index (χ2n) is 5.70. The number of carbonyl (C=O) groups excluding carboxylic acids is 2. The van der Waals surface area contributed by atoms with Gasteiger partial charge < -0.3 is 14.5 Å². The number of amides is 2. The Morgan fingerprint density at radius 3 is 2.65 bits per heavy atom. The van der Waals surface area contributed by atoms with E-state index in [4.69, 9.17) is 4.74 Å². The predicted octanol–water partition coefficient (Wildman–Crippen LogP) is 0.0550. The molecule has 8 nitrogen and oxygen atoms in total. The smallest absolute Gasteiger partial charge is 0.251 e. The maximum atomic E-state index is 12.3. The number of aromatic nitrogens is 3. The zero-order valence-electron chi connectivity index (χ0n) is 13.2. The summed E-state index contributed by atoms with van der Waals surface area (Å²) in [5.41, 5.74) is 0. The van der Waals surface area contributed by atoms with E-state index in [1.54, 1.807) is 4.90 Å². The molecule has 126 valence electrons. The largest absolute Gasteiger partial charge is 0.368 e. The highest BCUT2D eigenvalue weighted by Crippen LogP contribution is 2.17. The van der Waals surface area contributed by atoms with Crippen molar-refractivity contribution < 1.29 is 14.3 Å². The molecule has 0 saturated carbocycles. The number of ether oxygens (including phenoxy) is 1. The molecule has 0 aromatic carbocycles. The lowest BCUT2D eigenvalue weighted by Gasteiger charge is -2.35. The quantitative estimate of drug-likeness (QED) is 0.780. The van der Waals surface area contributed by atoms with E-state index in [1.165, 1.54) is 11.8 Å². The number of H-pyrrole nitrogens is 1. The van der Waals surface area contributed by atoms with Gasteiger partial charge in [-0.2, -0.15) is 0 Å². The van der Waals surface area contributed by atoms with Crippen molar-refractivity contribution in [2.24, 2.45) is 0 Å². The van der Waals surface area contributed by atoms with Gasteiger partial charge in [-0.15, -0.1) is 5.10 Å². The lowest BCUT2D eigenvalue weighted by Crippen LogP contribution is -2.53. The molecule has 0 aliphatic carbocycles. The first-order chi connectivity index (χ1) is 11.1. The first-order valence-electron chi connectivity index (χ1n) is 7.83. The Balaban J connectivity index is 1.42. The fourth-order valence-corrected chi connectivity index (χ4v) is 3.50. The van der Waals surface area contributed by atoms with Crippen LogP contribution in [-0.2, 0) is 14.3 Å². The van der Waals surface area contributed by atoms with Crippen LogP contribution in [0.5, 0.6) is 0 Å². The van der Waals surface area contributed by atoms with Crippen molar-refractivity contribution in [2.45, 2.75) is 31.0 Å². The maximum absolute atomic E-state index is 12.3. The Hall–Kier alpha value is -1.61. The Labute approximate surface area is 138 Å². The third-order valence-electron chi connectivity index (χ3n) is 4.05. The Morgan fingerprint density at radius 1 is 1.30 bits per heavy atom. The van der Waals surface area contributed by atoms with Crippen LogP contribution < -0.4 is 0 Å². The minimum atomic E-state index is -0.276. The molecule has 23 heavy (non-hydrogen) atoms. The van der Waals surface area contributed by atoms with E-state index in [1.807, 2.05) is 11.8 Å². The number of piperazine rings is 1. The second-order valence-corrected chi connectivity index (χ2v) is 6.64. The van der Waals surface area contributed by atoms with Crippen LogP contribution in [0.25, 0.3) is 0 Å². The van der Waals surface area contributed by atoms with Crippen molar-refractivity contribution in [1.29, 1.82) is 0 Å². The van der Waals surface area contributed by atoms with Crippen LogP contribution in [0, 0.1) is 6.92 Å². The van der Waals surface area contributed by atoms with Gasteiger partial charge in [0.1, 0.15) is 11.9 Å². The van der Waals surface area contributed by atoms with Crippen molar-refractivity contribution in [3.05, 3.63) is 5.82 Å². The molecule has 2 aliphatic rings. The minimum Gasteiger partial charge on any atom is -0.368 e. The highest BCUT2D eigenvalue weighted by atomic mass is 32.2. The van der Waals surface area contributed by atoms with Crippen LogP contribution in [0.1, 0.15) is 18.7 Å². The lowest BCUT2D eigenvalue weighted by molar-refractivity contribution is -0.145. The molecule has 2 aliphatic heterocycles. The molecule has 1 aromatic rings. The Bertz CT molecular complexity index is 565. The van der Waals surface area contributed by atoms with Crippen LogP contribution >= 0.6 is 11.8 Å². The Kier molecular flexibility index (Phi) is 5.16. The summed E-state index contributed by atoms with van der Waals surface area (Å²) < 4.78 is 5.44. The normalized spacial score (nSPS) is 21.7. The molecule has 2 amide bonds. The zero-order chi connectivity index (χ0) is 16.2. The van der Waals surface area contributed by atoms with Crippen molar-refractivity contribution in [3.63, 3.8) is 0 Å². The van der Waals surface area contributed by atoms with E-state index in [2.05, 4.69) is 15.2 Å². The fraction of sp³-hybridized carbons (Fsp3) is 0.714. The summed E-state index contributed by atoms with van der Waals surface area (Å²) in [4.78, 5) is 32.3. The lowest BCUT2D eigenvalue weighted by atomic mass is 10.2. The van der Waals surface area contributed by atoms with Crippen LogP contribution in [0.4, 0.5) is 0 Å². The average Bonchev–Trinajstić information content (AvgIpc) is 3.24. The van der Waals surface area contributed by atoms with Gasteiger partial charge in [-0.05, 0) is 19.8 Å². The third-order valence-corrected chi connectivity index (χ3v) is 4.88. The van der Waals surface area contributed by atoms with E-state index >= 15 is 0 Å². The number of rotatable bonds is 4. The number of carbonyl (C=O) groups is 2. The van der Waals surface area contributed by atoms with Crippen molar-refractivity contribution >= 4 is 23.6 Å². The first-order valence-corrected chi connectivity index (χ1v) is 8.82. The van der Waals surface area contributed by atoms with Gasteiger partial charge >= 0.3 is 0 Å². The summed E-state index contributed by atoms with van der Waals surface area (Å²) >= 11 is 1.33.